The highest BCUT2D eigenvalue weighted by Crippen LogP contribution is 2.12. The van der Waals surface area contributed by atoms with Gasteiger partial charge in [0.2, 0.25) is 0 Å². The van der Waals surface area contributed by atoms with E-state index in [1.165, 1.54) is 0 Å². The summed E-state index contributed by atoms with van der Waals surface area (Å²) in [5.41, 5.74) is 1.65. The van der Waals surface area contributed by atoms with Crippen LogP contribution in [0.15, 0.2) is 31.1 Å². The van der Waals surface area contributed by atoms with Crippen molar-refractivity contribution in [2.45, 2.75) is 0 Å². The number of fused-ring (bicyclic) bond motifs is 3. The lowest BCUT2D eigenvalue weighted by Crippen LogP contribution is -1.88. The van der Waals surface area contributed by atoms with E-state index in [0.29, 0.717) is 0 Å². The third-order valence-electron chi connectivity index (χ3n) is 1.94. The van der Waals surface area contributed by atoms with Crippen molar-refractivity contribution in [3.63, 3.8) is 0 Å². The van der Waals surface area contributed by atoms with Gasteiger partial charge in [0.05, 0.1) is 11.7 Å². The first-order valence-electron chi connectivity index (χ1n) is 3.83. The second-order valence-electron chi connectivity index (χ2n) is 2.70. The highest BCUT2D eigenvalue weighted by molar-refractivity contribution is 5.89. The third kappa shape index (κ3) is 0.807. The molecule has 0 fully saturated rings. The van der Waals surface area contributed by atoms with E-state index in [9.17, 15) is 0 Å². The van der Waals surface area contributed by atoms with Crippen molar-refractivity contribution in [1.82, 2.24) is 24.6 Å². The number of pyridine rings is 1. The summed E-state index contributed by atoms with van der Waals surface area (Å²) in [6.07, 6.45) is 6.74. The van der Waals surface area contributed by atoms with E-state index in [4.69, 9.17) is 0 Å². The molecule has 0 spiro atoms. The molecule has 0 N–H and O–H groups in total. The molecular weight excluding hydrogens is 166 g/mol. The topological polar surface area (TPSA) is 56.0 Å². The van der Waals surface area contributed by atoms with Gasteiger partial charge in [0.1, 0.15) is 12.7 Å². The van der Waals surface area contributed by atoms with E-state index in [2.05, 4.69) is 20.2 Å². The van der Waals surface area contributed by atoms with Crippen molar-refractivity contribution in [3.8, 4) is 0 Å². The summed E-state index contributed by atoms with van der Waals surface area (Å²) >= 11 is 0. The van der Waals surface area contributed by atoms with E-state index in [1.807, 2.05) is 6.07 Å². The molecule has 3 aromatic heterocycles. The van der Waals surface area contributed by atoms with Crippen LogP contribution in [0.3, 0.4) is 0 Å². The van der Waals surface area contributed by atoms with Crippen LogP contribution in [-0.2, 0) is 0 Å². The van der Waals surface area contributed by atoms with Gasteiger partial charge in [0.25, 0.3) is 0 Å². The van der Waals surface area contributed by atoms with Gasteiger partial charge < -0.3 is 0 Å². The van der Waals surface area contributed by atoms with Crippen molar-refractivity contribution < 1.29 is 0 Å². The molecule has 5 heteroatoms. The van der Waals surface area contributed by atoms with Gasteiger partial charge in [-0.1, -0.05) is 0 Å². The molecule has 3 rings (SSSR count). The summed E-state index contributed by atoms with van der Waals surface area (Å²) in [5.74, 6) is 0. The van der Waals surface area contributed by atoms with E-state index >= 15 is 0 Å². The number of hydrogen-bond donors (Lipinski definition) is 0. The van der Waals surface area contributed by atoms with Gasteiger partial charge >= 0.3 is 0 Å². The number of hydrogen-bond acceptors (Lipinski definition) is 4. The molecule has 0 aromatic carbocycles. The molecule has 13 heavy (non-hydrogen) atoms. The summed E-state index contributed by atoms with van der Waals surface area (Å²) in [7, 11) is 0. The van der Waals surface area contributed by atoms with Crippen LogP contribution in [0.25, 0.3) is 16.6 Å². The fourth-order valence-corrected chi connectivity index (χ4v) is 1.32. The Morgan fingerprint density at radius 2 is 2.23 bits per heavy atom. The molecule has 0 aliphatic heterocycles. The minimum atomic E-state index is 0.812. The Kier molecular flexibility index (Phi) is 1.11. The molecule has 0 radical (unpaired) electrons. The quantitative estimate of drug-likeness (QED) is 0.499. The maximum Gasteiger partial charge on any atom is 0.171 e. The van der Waals surface area contributed by atoms with Crippen LogP contribution in [0, 0.1) is 0 Å². The number of aromatic nitrogens is 5. The molecular formula is C8H5N5. The average Bonchev–Trinajstić information content (AvgIpc) is 2.65. The average molecular weight is 171 g/mol. The van der Waals surface area contributed by atoms with E-state index in [0.717, 1.165) is 16.6 Å². The zero-order valence-electron chi connectivity index (χ0n) is 6.62. The Morgan fingerprint density at radius 3 is 3.23 bits per heavy atom. The molecule has 0 amide bonds. The maximum atomic E-state index is 4.20. The summed E-state index contributed by atoms with van der Waals surface area (Å²) < 4.78 is 1.78. The molecule has 0 saturated carbocycles. The standard InChI is InChI=1S/C8H5N5/c1-2-9-3-7-6(1)8-12-11-5-13(8)4-10-7/h1-5H. The molecule has 0 aliphatic rings. The van der Waals surface area contributed by atoms with Gasteiger partial charge in [-0.3, -0.25) is 9.38 Å². The van der Waals surface area contributed by atoms with Crippen molar-refractivity contribution in [2.24, 2.45) is 0 Å². The highest BCUT2D eigenvalue weighted by Gasteiger charge is 2.01. The predicted octanol–water partition coefficient (Wildman–Crippen LogP) is 0.672. The van der Waals surface area contributed by atoms with Crippen LogP contribution in [0.5, 0.6) is 0 Å². The largest absolute Gasteiger partial charge is 0.271 e. The third-order valence-corrected chi connectivity index (χ3v) is 1.94. The van der Waals surface area contributed by atoms with Crippen molar-refractivity contribution in [3.05, 3.63) is 31.1 Å². The Bertz CT molecular complexity index is 571. The van der Waals surface area contributed by atoms with Crippen molar-refractivity contribution in [1.29, 1.82) is 0 Å². The normalized spacial score (nSPS) is 11.1. The van der Waals surface area contributed by atoms with Gasteiger partial charge in [-0.05, 0) is 6.07 Å². The predicted molar refractivity (Wildman–Crippen MR) is 46.1 cm³/mol. The molecule has 3 heterocycles. The Morgan fingerprint density at radius 1 is 1.23 bits per heavy atom. The minimum absolute atomic E-state index is 0.812. The van der Waals surface area contributed by atoms with E-state index < -0.39 is 0 Å². The Labute approximate surface area is 73.1 Å². The monoisotopic (exact) mass is 171 g/mol. The molecule has 5 nitrogen and oxygen atoms in total. The van der Waals surface area contributed by atoms with Crippen LogP contribution in [0.1, 0.15) is 0 Å². The van der Waals surface area contributed by atoms with E-state index in [-0.39, 0.29) is 0 Å². The molecule has 0 atom stereocenters. The Balaban J connectivity index is 2.65. The van der Waals surface area contributed by atoms with Gasteiger partial charge in [-0.15, -0.1) is 10.2 Å². The first-order valence-corrected chi connectivity index (χ1v) is 3.83. The Hall–Kier alpha value is -2.04. The smallest absolute Gasteiger partial charge is 0.171 e. The summed E-state index contributed by atoms with van der Waals surface area (Å²) in [6.45, 7) is 0. The lowest BCUT2D eigenvalue weighted by atomic mass is 10.3. The van der Waals surface area contributed by atoms with Crippen LogP contribution >= 0.6 is 0 Å². The van der Waals surface area contributed by atoms with Crippen LogP contribution < -0.4 is 0 Å². The zero-order chi connectivity index (χ0) is 8.67. The minimum Gasteiger partial charge on any atom is -0.271 e. The van der Waals surface area contributed by atoms with Gasteiger partial charge in [-0.2, -0.15) is 0 Å². The molecule has 0 aliphatic carbocycles. The summed E-state index contributed by atoms with van der Waals surface area (Å²) in [6, 6.07) is 1.88. The van der Waals surface area contributed by atoms with Gasteiger partial charge in [0, 0.05) is 11.6 Å². The molecule has 0 unspecified atom stereocenters. The second-order valence-corrected chi connectivity index (χ2v) is 2.70. The van der Waals surface area contributed by atoms with Crippen molar-refractivity contribution in [2.75, 3.05) is 0 Å². The molecule has 62 valence electrons. The van der Waals surface area contributed by atoms with Gasteiger partial charge in [0.15, 0.2) is 5.65 Å². The van der Waals surface area contributed by atoms with Crippen LogP contribution in [0.2, 0.25) is 0 Å². The van der Waals surface area contributed by atoms with Crippen LogP contribution in [0.4, 0.5) is 0 Å². The highest BCUT2D eigenvalue weighted by atomic mass is 15.2. The van der Waals surface area contributed by atoms with Crippen LogP contribution in [-0.4, -0.2) is 24.6 Å². The molecule has 0 saturated heterocycles. The second kappa shape index (κ2) is 2.22. The lowest BCUT2D eigenvalue weighted by Gasteiger charge is -1.96. The fraction of sp³-hybridized carbons (Fsp3) is 0. The first-order chi connectivity index (χ1) is 6.45. The van der Waals surface area contributed by atoms with Crippen molar-refractivity contribution >= 4 is 16.6 Å². The summed E-state index contributed by atoms with van der Waals surface area (Å²) in [4.78, 5) is 8.19. The molecule has 3 aromatic rings. The summed E-state index contributed by atoms with van der Waals surface area (Å²) in [5, 5.41) is 8.76. The number of nitrogens with zero attached hydrogens (tertiary/aromatic N) is 5. The SMILES string of the molecule is c1cc2c(cn1)ncn1cnnc21. The fourth-order valence-electron chi connectivity index (χ4n) is 1.32. The first kappa shape index (κ1) is 6.47. The maximum absolute atomic E-state index is 4.20. The van der Waals surface area contributed by atoms with Gasteiger partial charge in [-0.25, -0.2) is 4.98 Å². The zero-order valence-corrected chi connectivity index (χ0v) is 6.62. The molecule has 0 bridgehead atoms. The number of rotatable bonds is 0. The lowest BCUT2D eigenvalue weighted by molar-refractivity contribution is 1.08. The van der Waals surface area contributed by atoms with E-state index in [1.54, 1.807) is 29.4 Å².